The molecule has 0 amide bonds. The number of hydrogen-bond donors (Lipinski definition) is 2. The van der Waals surface area contributed by atoms with Gasteiger partial charge in [0.1, 0.15) is 29.0 Å². The van der Waals surface area contributed by atoms with Gasteiger partial charge in [0, 0.05) is 43.6 Å². The molecule has 0 unspecified atom stereocenters. The van der Waals surface area contributed by atoms with Crippen molar-refractivity contribution < 1.29 is 0 Å². The van der Waals surface area contributed by atoms with Gasteiger partial charge in [-0.05, 0) is 45.9 Å². The Morgan fingerprint density at radius 1 is 1.16 bits per heavy atom. The summed E-state index contributed by atoms with van der Waals surface area (Å²) in [5.74, 6) is 1.09. The van der Waals surface area contributed by atoms with Gasteiger partial charge in [0.25, 0.3) is 5.95 Å². The molecule has 9 nitrogen and oxygen atoms in total. The van der Waals surface area contributed by atoms with Crippen molar-refractivity contribution in [2.24, 2.45) is 10.7 Å². The minimum atomic E-state index is 0.0743. The number of pyridine rings is 1. The number of nitriles is 1. The number of rotatable bonds is 5. The number of allylic oxidation sites excluding steroid dienone is 2. The minimum Gasteiger partial charge on any atom is -0.402 e. The van der Waals surface area contributed by atoms with E-state index < -0.39 is 0 Å². The largest absolute Gasteiger partial charge is 0.402 e. The molecule has 1 aliphatic heterocycles. The maximum absolute atomic E-state index is 9.64. The number of aromatic nitrogens is 3. The zero-order valence-corrected chi connectivity index (χ0v) is 18.5. The van der Waals surface area contributed by atoms with E-state index in [1.807, 2.05) is 18.2 Å². The molecule has 3 heterocycles. The normalized spacial score (nSPS) is 15.9. The van der Waals surface area contributed by atoms with Crippen molar-refractivity contribution in [3.8, 4) is 17.5 Å². The Morgan fingerprint density at radius 2 is 1.87 bits per heavy atom. The van der Waals surface area contributed by atoms with Crippen LogP contribution >= 0.6 is 0 Å². The van der Waals surface area contributed by atoms with Crippen molar-refractivity contribution in [1.82, 2.24) is 19.9 Å². The average molecular weight is 420 g/mol. The number of piperazine rings is 1. The molecule has 9 heteroatoms. The Morgan fingerprint density at radius 3 is 2.48 bits per heavy atom. The van der Waals surface area contributed by atoms with Gasteiger partial charge in [0.2, 0.25) is 0 Å². The first-order valence-corrected chi connectivity index (χ1v) is 10.3. The van der Waals surface area contributed by atoms with Crippen LogP contribution in [0.15, 0.2) is 35.0 Å². The van der Waals surface area contributed by atoms with E-state index in [1.54, 1.807) is 19.9 Å². The Kier molecular flexibility index (Phi) is 6.82. The zero-order chi connectivity index (χ0) is 22.5. The summed E-state index contributed by atoms with van der Waals surface area (Å²) in [6, 6.07) is 8.35. The van der Waals surface area contributed by atoms with Crippen LogP contribution in [0.1, 0.15) is 33.3 Å². The second-order valence-electron chi connectivity index (χ2n) is 7.88. The van der Waals surface area contributed by atoms with Crippen LogP contribution in [-0.4, -0.2) is 57.8 Å². The monoisotopic (exact) mass is 419 g/mol. The summed E-state index contributed by atoms with van der Waals surface area (Å²) in [4.78, 5) is 22.5. The first kappa shape index (κ1) is 22.2. The topological polar surface area (TPSA) is 133 Å². The van der Waals surface area contributed by atoms with E-state index in [1.165, 1.54) is 0 Å². The molecule has 0 aliphatic carbocycles. The summed E-state index contributed by atoms with van der Waals surface area (Å²) in [6.07, 6.45) is 1.72. The highest BCUT2D eigenvalue weighted by Gasteiger charge is 2.21. The second kappa shape index (κ2) is 9.53. The maximum atomic E-state index is 9.64. The average Bonchev–Trinajstić information content (AvgIpc) is 2.73. The lowest BCUT2D eigenvalue weighted by atomic mass is 10.1. The number of nitrogen functional groups attached to an aromatic ring is 1. The van der Waals surface area contributed by atoms with Crippen molar-refractivity contribution in [2.75, 3.05) is 36.8 Å². The van der Waals surface area contributed by atoms with Gasteiger partial charge in [-0.3, -0.25) is 4.90 Å². The molecule has 162 valence electrons. The van der Waals surface area contributed by atoms with E-state index in [9.17, 15) is 5.26 Å². The third-order valence-corrected chi connectivity index (χ3v) is 5.10. The number of nitrogens with zero attached hydrogens (tertiary/aromatic N) is 7. The molecule has 2 aromatic rings. The van der Waals surface area contributed by atoms with Crippen molar-refractivity contribution in [1.29, 1.82) is 5.26 Å². The molecule has 0 spiro atoms. The summed E-state index contributed by atoms with van der Waals surface area (Å²) >= 11 is 0. The highest BCUT2D eigenvalue weighted by Crippen LogP contribution is 2.27. The van der Waals surface area contributed by atoms with E-state index in [2.05, 4.69) is 44.7 Å². The summed E-state index contributed by atoms with van der Waals surface area (Å²) in [6.45, 7) is 11.8. The third kappa shape index (κ3) is 5.35. The summed E-state index contributed by atoms with van der Waals surface area (Å²) < 4.78 is 0. The Labute approximate surface area is 183 Å². The molecule has 0 bridgehead atoms. The quantitative estimate of drug-likeness (QED) is 0.706. The SMILES string of the molecule is CC(N)=CC(C)=Nc1nc(N)c(C#N)c(-c2cccc(N3CCN(C(C)C)CC3)n2)n1. The lowest BCUT2D eigenvalue weighted by molar-refractivity contribution is 0.209. The molecule has 1 saturated heterocycles. The Hall–Kier alpha value is -3.51. The van der Waals surface area contributed by atoms with Crippen LogP contribution in [0.5, 0.6) is 0 Å². The molecule has 31 heavy (non-hydrogen) atoms. The first-order valence-electron chi connectivity index (χ1n) is 10.3. The van der Waals surface area contributed by atoms with Crippen LogP contribution in [0.2, 0.25) is 0 Å². The third-order valence-electron chi connectivity index (χ3n) is 5.10. The predicted molar refractivity (Wildman–Crippen MR) is 124 cm³/mol. The van der Waals surface area contributed by atoms with E-state index in [-0.39, 0.29) is 17.3 Å². The summed E-state index contributed by atoms with van der Waals surface area (Å²) in [7, 11) is 0. The number of aliphatic imine (C=N–C) groups is 1. The van der Waals surface area contributed by atoms with Gasteiger partial charge in [-0.15, -0.1) is 0 Å². The van der Waals surface area contributed by atoms with Crippen LogP contribution in [-0.2, 0) is 0 Å². The fraction of sp³-hybridized carbons (Fsp3) is 0.409. The highest BCUT2D eigenvalue weighted by molar-refractivity contribution is 5.94. The van der Waals surface area contributed by atoms with Gasteiger partial charge in [0.15, 0.2) is 0 Å². The fourth-order valence-corrected chi connectivity index (χ4v) is 3.53. The van der Waals surface area contributed by atoms with E-state index >= 15 is 0 Å². The predicted octanol–water partition coefficient (Wildman–Crippen LogP) is 2.48. The van der Waals surface area contributed by atoms with Crippen LogP contribution in [0.4, 0.5) is 17.6 Å². The van der Waals surface area contributed by atoms with Crippen LogP contribution in [0.3, 0.4) is 0 Å². The van der Waals surface area contributed by atoms with E-state index in [0.29, 0.717) is 28.8 Å². The van der Waals surface area contributed by atoms with Gasteiger partial charge in [0.05, 0.1) is 5.69 Å². The van der Waals surface area contributed by atoms with Gasteiger partial charge >= 0.3 is 0 Å². The lowest BCUT2D eigenvalue weighted by Crippen LogP contribution is -2.49. The van der Waals surface area contributed by atoms with Crippen molar-refractivity contribution >= 4 is 23.3 Å². The number of anilines is 2. The molecular weight excluding hydrogens is 390 g/mol. The van der Waals surface area contributed by atoms with Crippen LogP contribution < -0.4 is 16.4 Å². The molecular formula is C22H29N9. The zero-order valence-electron chi connectivity index (χ0n) is 18.5. The first-order chi connectivity index (χ1) is 14.8. The molecule has 4 N–H and O–H groups in total. The molecule has 0 atom stereocenters. The molecule has 1 fully saturated rings. The van der Waals surface area contributed by atoms with E-state index in [4.69, 9.17) is 16.5 Å². The van der Waals surface area contributed by atoms with Crippen LogP contribution in [0, 0.1) is 11.3 Å². The van der Waals surface area contributed by atoms with Crippen LogP contribution in [0.25, 0.3) is 11.4 Å². The van der Waals surface area contributed by atoms with Gasteiger partial charge in [-0.2, -0.15) is 10.2 Å². The second-order valence-corrected chi connectivity index (χ2v) is 7.88. The summed E-state index contributed by atoms with van der Waals surface area (Å²) in [5, 5.41) is 9.64. The van der Waals surface area contributed by atoms with Gasteiger partial charge in [-0.1, -0.05) is 6.07 Å². The maximum Gasteiger partial charge on any atom is 0.252 e. The fourth-order valence-electron chi connectivity index (χ4n) is 3.53. The van der Waals surface area contributed by atoms with Crippen molar-refractivity contribution in [3.63, 3.8) is 0 Å². The standard InChI is InChI=1S/C22H29N9/c1-14(2)30-8-10-31(11-9-30)19-7-5-6-18(27-19)20-17(13-23)21(25)29-22(28-20)26-16(4)12-15(3)24/h5-7,12,14H,8-11,24H2,1-4H3,(H2,25,28,29). The Bertz CT molecular complexity index is 1040. The smallest absolute Gasteiger partial charge is 0.252 e. The van der Waals surface area contributed by atoms with Gasteiger partial charge < -0.3 is 16.4 Å². The molecule has 0 radical (unpaired) electrons. The van der Waals surface area contributed by atoms with Crippen molar-refractivity contribution in [2.45, 2.75) is 33.7 Å². The molecule has 0 saturated carbocycles. The lowest BCUT2D eigenvalue weighted by Gasteiger charge is -2.37. The number of hydrogen-bond acceptors (Lipinski definition) is 9. The number of nitrogens with two attached hydrogens (primary N) is 2. The summed E-state index contributed by atoms with van der Waals surface area (Å²) in [5.41, 5.74) is 14.1. The molecule has 2 aromatic heterocycles. The highest BCUT2D eigenvalue weighted by atomic mass is 15.3. The van der Waals surface area contributed by atoms with E-state index in [0.717, 1.165) is 32.0 Å². The molecule has 3 rings (SSSR count). The minimum absolute atomic E-state index is 0.0743. The molecule has 0 aromatic carbocycles. The molecule has 1 aliphatic rings. The Balaban J connectivity index is 1.96. The van der Waals surface area contributed by atoms with Gasteiger partial charge in [-0.25, -0.2) is 15.0 Å². The van der Waals surface area contributed by atoms with Crippen molar-refractivity contribution in [3.05, 3.63) is 35.5 Å².